The van der Waals surface area contributed by atoms with Gasteiger partial charge in [0, 0.05) is 5.41 Å². The topological polar surface area (TPSA) is 0 Å². The van der Waals surface area contributed by atoms with Crippen molar-refractivity contribution in [2.45, 2.75) is 19.3 Å². The van der Waals surface area contributed by atoms with Crippen molar-refractivity contribution in [1.29, 1.82) is 0 Å². The second-order valence-electron chi connectivity index (χ2n) is 13.7. The molecule has 0 fully saturated rings. The zero-order chi connectivity index (χ0) is 31.3. The third kappa shape index (κ3) is 3.70. The van der Waals surface area contributed by atoms with Crippen molar-refractivity contribution in [1.82, 2.24) is 0 Å². The first-order chi connectivity index (χ1) is 23.1. The molecular formula is C47H32. The van der Waals surface area contributed by atoms with Gasteiger partial charge in [-0.25, -0.2) is 0 Å². The predicted molar refractivity (Wildman–Crippen MR) is 202 cm³/mol. The van der Waals surface area contributed by atoms with Crippen LogP contribution in [0.5, 0.6) is 0 Å². The second-order valence-corrected chi connectivity index (χ2v) is 13.7. The zero-order valence-corrected chi connectivity index (χ0v) is 26.5. The molecule has 0 unspecified atom stereocenters. The quantitative estimate of drug-likeness (QED) is 0.138. The summed E-state index contributed by atoms with van der Waals surface area (Å²) in [6.07, 6.45) is 0. The molecule has 0 radical (unpaired) electrons. The molecule has 0 N–H and O–H groups in total. The molecule has 0 saturated carbocycles. The van der Waals surface area contributed by atoms with Gasteiger partial charge in [0.25, 0.3) is 0 Å². The summed E-state index contributed by atoms with van der Waals surface area (Å²) in [7, 11) is 0. The van der Waals surface area contributed by atoms with Crippen molar-refractivity contribution in [3.05, 3.63) is 169 Å². The maximum atomic E-state index is 2.48. The van der Waals surface area contributed by atoms with Gasteiger partial charge in [-0.15, -0.1) is 0 Å². The third-order valence-corrected chi connectivity index (χ3v) is 10.8. The highest BCUT2D eigenvalue weighted by Crippen LogP contribution is 2.52. The van der Waals surface area contributed by atoms with Gasteiger partial charge in [0.1, 0.15) is 0 Å². The molecule has 0 aliphatic heterocycles. The molecular weight excluding hydrogens is 565 g/mol. The van der Waals surface area contributed by atoms with E-state index in [1.54, 1.807) is 0 Å². The van der Waals surface area contributed by atoms with Crippen LogP contribution in [-0.2, 0) is 5.41 Å². The highest BCUT2D eigenvalue weighted by molar-refractivity contribution is 6.25. The first-order valence-corrected chi connectivity index (χ1v) is 16.6. The van der Waals surface area contributed by atoms with Crippen LogP contribution >= 0.6 is 0 Å². The van der Waals surface area contributed by atoms with E-state index in [1.807, 2.05) is 0 Å². The molecule has 220 valence electrons. The highest BCUT2D eigenvalue weighted by atomic mass is 14.4. The molecule has 0 atom stereocenters. The number of benzene rings is 9. The van der Waals surface area contributed by atoms with Crippen molar-refractivity contribution < 1.29 is 0 Å². The molecule has 0 nitrogen and oxygen atoms in total. The summed E-state index contributed by atoms with van der Waals surface area (Å²) < 4.78 is 0. The third-order valence-electron chi connectivity index (χ3n) is 10.8. The van der Waals surface area contributed by atoms with Crippen LogP contribution in [0, 0.1) is 0 Å². The Morgan fingerprint density at radius 3 is 1.57 bits per heavy atom. The van der Waals surface area contributed by atoms with Gasteiger partial charge in [-0.05, 0) is 117 Å². The fraction of sp³-hybridized carbons (Fsp3) is 0.0638. The lowest BCUT2D eigenvalue weighted by atomic mass is 9.80. The van der Waals surface area contributed by atoms with E-state index in [9.17, 15) is 0 Å². The van der Waals surface area contributed by atoms with E-state index in [2.05, 4.69) is 172 Å². The minimum Gasteiger partial charge on any atom is -0.0616 e. The van der Waals surface area contributed by atoms with Crippen molar-refractivity contribution in [3.8, 4) is 33.4 Å². The molecule has 9 aromatic carbocycles. The summed E-state index contributed by atoms with van der Waals surface area (Å²) in [6.45, 7) is 4.78. The van der Waals surface area contributed by atoms with Gasteiger partial charge >= 0.3 is 0 Å². The Labute approximate surface area is 274 Å². The van der Waals surface area contributed by atoms with Gasteiger partial charge in [0.2, 0.25) is 0 Å². The van der Waals surface area contributed by atoms with Gasteiger partial charge in [-0.1, -0.05) is 153 Å². The molecule has 0 bridgehead atoms. The van der Waals surface area contributed by atoms with E-state index < -0.39 is 0 Å². The lowest BCUT2D eigenvalue weighted by Gasteiger charge is -2.23. The molecule has 0 saturated heterocycles. The summed E-state index contributed by atoms with van der Waals surface area (Å²) in [5.41, 5.74) is 10.6. The fourth-order valence-electron chi connectivity index (χ4n) is 8.56. The zero-order valence-electron chi connectivity index (χ0n) is 26.5. The fourth-order valence-corrected chi connectivity index (χ4v) is 8.56. The Morgan fingerprint density at radius 2 is 0.872 bits per heavy atom. The first-order valence-electron chi connectivity index (χ1n) is 16.6. The van der Waals surface area contributed by atoms with Gasteiger partial charge < -0.3 is 0 Å². The summed E-state index contributed by atoms with van der Waals surface area (Å²) in [5, 5.41) is 12.9. The Bertz CT molecular complexity index is 2700. The van der Waals surface area contributed by atoms with Crippen LogP contribution in [0.15, 0.2) is 158 Å². The van der Waals surface area contributed by atoms with Crippen LogP contribution in [0.3, 0.4) is 0 Å². The highest BCUT2D eigenvalue weighted by Gasteiger charge is 2.36. The lowest BCUT2D eigenvalue weighted by molar-refractivity contribution is 0.661. The van der Waals surface area contributed by atoms with E-state index in [-0.39, 0.29) is 5.41 Å². The first kappa shape index (κ1) is 26.5. The van der Waals surface area contributed by atoms with E-state index >= 15 is 0 Å². The van der Waals surface area contributed by atoms with Gasteiger partial charge in [0.15, 0.2) is 0 Å². The van der Waals surface area contributed by atoms with Crippen molar-refractivity contribution in [2.24, 2.45) is 0 Å². The van der Waals surface area contributed by atoms with Crippen molar-refractivity contribution >= 4 is 53.9 Å². The predicted octanol–water partition coefficient (Wildman–Crippen LogP) is 13.1. The minimum atomic E-state index is -0.0953. The van der Waals surface area contributed by atoms with E-state index in [0.717, 1.165) is 0 Å². The largest absolute Gasteiger partial charge is 0.0616 e. The smallest absolute Gasteiger partial charge is 0.0159 e. The minimum absolute atomic E-state index is 0.0953. The molecule has 10 rings (SSSR count). The van der Waals surface area contributed by atoms with Crippen molar-refractivity contribution in [2.75, 3.05) is 0 Å². The van der Waals surface area contributed by atoms with Crippen LogP contribution in [0.2, 0.25) is 0 Å². The van der Waals surface area contributed by atoms with Gasteiger partial charge in [0.05, 0.1) is 0 Å². The van der Waals surface area contributed by atoms with Gasteiger partial charge in [-0.3, -0.25) is 0 Å². The number of rotatable bonds is 2. The molecule has 1 aliphatic rings. The Morgan fingerprint density at radius 1 is 0.319 bits per heavy atom. The SMILES string of the molecule is CC1(C)c2cc(-c3c4ccccc4c(-c4cccc5c4ccc4ccccc45)c4ccccc34)ccc2-c2cc3ccccc3cc21. The average Bonchev–Trinajstić information content (AvgIpc) is 3.34. The monoisotopic (exact) mass is 596 g/mol. The molecule has 0 amide bonds. The molecule has 47 heavy (non-hydrogen) atoms. The normalized spacial score (nSPS) is 13.5. The summed E-state index contributed by atoms with van der Waals surface area (Å²) in [5.74, 6) is 0. The molecule has 1 aliphatic carbocycles. The number of fused-ring (bicyclic) bond motifs is 9. The second kappa shape index (κ2) is 9.64. The van der Waals surface area contributed by atoms with Crippen LogP contribution in [0.1, 0.15) is 25.0 Å². The van der Waals surface area contributed by atoms with E-state index in [0.29, 0.717) is 0 Å². The van der Waals surface area contributed by atoms with Crippen LogP contribution < -0.4 is 0 Å². The average molecular weight is 597 g/mol. The van der Waals surface area contributed by atoms with E-state index in [1.165, 1.54) is 98.4 Å². The Balaban J connectivity index is 1.25. The Kier molecular flexibility index (Phi) is 5.44. The standard InChI is InChI=1S/C47H32/c1-47(2)43-28-32(23-25-36(43)42-26-30-13-3-4-14-31(30)27-44(42)47)45-38-16-7-9-18-40(38)46(41-19-10-8-17-39(41)45)37-21-11-20-34-33-15-6-5-12-29(33)22-24-35(34)37/h3-28H,1-2H3. The number of hydrogen-bond acceptors (Lipinski definition) is 0. The molecule has 0 heteroatoms. The molecule has 0 aromatic heterocycles. The molecule has 0 spiro atoms. The number of hydrogen-bond donors (Lipinski definition) is 0. The maximum Gasteiger partial charge on any atom is 0.0159 e. The van der Waals surface area contributed by atoms with Crippen LogP contribution in [0.25, 0.3) is 87.2 Å². The molecule has 9 aromatic rings. The summed E-state index contributed by atoms with van der Waals surface area (Å²) >= 11 is 0. The van der Waals surface area contributed by atoms with Gasteiger partial charge in [-0.2, -0.15) is 0 Å². The van der Waals surface area contributed by atoms with Crippen molar-refractivity contribution in [3.63, 3.8) is 0 Å². The van der Waals surface area contributed by atoms with Crippen LogP contribution in [0.4, 0.5) is 0 Å². The summed E-state index contributed by atoms with van der Waals surface area (Å²) in [6, 6.07) is 58.9. The molecule has 0 heterocycles. The summed E-state index contributed by atoms with van der Waals surface area (Å²) in [4.78, 5) is 0. The van der Waals surface area contributed by atoms with E-state index in [4.69, 9.17) is 0 Å². The maximum absolute atomic E-state index is 2.48. The van der Waals surface area contributed by atoms with Crippen LogP contribution in [-0.4, -0.2) is 0 Å². The Hall–Kier alpha value is -5.72. The lowest BCUT2D eigenvalue weighted by Crippen LogP contribution is -2.15.